The number of hydrogen-bond acceptors (Lipinski definition) is 2. The zero-order valence-electron chi connectivity index (χ0n) is 15.9. The molecule has 4 heteroatoms. The van der Waals surface area contributed by atoms with Crippen molar-refractivity contribution in [3.05, 3.63) is 78.6 Å². The molecule has 0 radical (unpaired) electrons. The molecule has 3 aromatic carbocycles. The third kappa shape index (κ3) is 2.69. The van der Waals surface area contributed by atoms with E-state index >= 15 is 0 Å². The molecule has 2 aromatic heterocycles. The van der Waals surface area contributed by atoms with Crippen molar-refractivity contribution in [2.45, 2.75) is 32.5 Å². The smallest absolute Gasteiger partial charge is 0.109 e. The zero-order valence-corrected chi connectivity index (χ0v) is 15.9. The molecule has 2 heterocycles. The number of aliphatic hydroxyl groups excluding tert-OH is 1. The lowest BCUT2D eigenvalue weighted by Gasteiger charge is -2.16. The lowest BCUT2D eigenvalue weighted by atomic mass is 10.2. The molecule has 1 N–H and O–H groups in total. The number of aryl methyl sites for hydroxylation is 1. The van der Waals surface area contributed by atoms with Gasteiger partial charge in [0.05, 0.1) is 30.2 Å². The van der Waals surface area contributed by atoms with Gasteiger partial charge < -0.3 is 14.2 Å². The fourth-order valence-electron chi connectivity index (χ4n) is 4.28. The molecule has 1 unspecified atom stereocenters. The SMILES string of the molecule is CCc1nc2ccccc2n1CC(O)Cn1c2ccccc2c2ccccc21. The van der Waals surface area contributed by atoms with E-state index in [9.17, 15) is 5.11 Å². The first kappa shape index (κ1) is 17.0. The van der Waals surface area contributed by atoms with Gasteiger partial charge in [0.2, 0.25) is 0 Å². The molecule has 0 spiro atoms. The van der Waals surface area contributed by atoms with Crippen LogP contribution in [0.1, 0.15) is 12.7 Å². The minimum absolute atomic E-state index is 0.512. The summed E-state index contributed by atoms with van der Waals surface area (Å²) >= 11 is 0. The van der Waals surface area contributed by atoms with Crippen molar-refractivity contribution in [2.24, 2.45) is 0 Å². The van der Waals surface area contributed by atoms with Gasteiger partial charge in [-0.15, -0.1) is 0 Å². The van der Waals surface area contributed by atoms with E-state index in [-0.39, 0.29) is 0 Å². The number of imidazole rings is 1. The number of benzene rings is 3. The molecule has 0 bridgehead atoms. The molecule has 1 atom stereocenters. The van der Waals surface area contributed by atoms with E-state index in [1.54, 1.807) is 0 Å². The molecule has 5 aromatic rings. The van der Waals surface area contributed by atoms with Crippen LogP contribution in [0.15, 0.2) is 72.8 Å². The lowest BCUT2D eigenvalue weighted by molar-refractivity contribution is 0.137. The van der Waals surface area contributed by atoms with Gasteiger partial charge >= 0.3 is 0 Å². The Morgan fingerprint density at radius 3 is 1.93 bits per heavy atom. The molecule has 5 rings (SSSR count). The van der Waals surface area contributed by atoms with E-state index in [0.29, 0.717) is 13.1 Å². The molecule has 0 aliphatic carbocycles. The van der Waals surface area contributed by atoms with Crippen LogP contribution in [0, 0.1) is 0 Å². The van der Waals surface area contributed by atoms with E-state index in [0.717, 1.165) is 34.3 Å². The Balaban J connectivity index is 1.54. The standard InChI is InChI=1S/C24H23N3O/c1-2-24-25-20-11-5-8-14-23(20)27(24)16-17(28)15-26-21-12-6-3-9-18(21)19-10-4-7-13-22(19)26/h3-14,17,28H,2,15-16H2,1H3. The molecule has 0 saturated heterocycles. The highest BCUT2D eigenvalue weighted by molar-refractivity contribution is 6.07. The molecular weight excluding hydrogens is 346 g/mol. The normalized spacial score (nSPS) is 12.9. The fourth-order valence-corrected chi connectivity index (χ4v) is 4.28. The number of rotatable bonds is 5. The second-order valence-corrected chi connectivity index (χ2v) is 7.28. The first-order valence-electron chi connectivity index (χ1n) is 9.84. The van der Waals surface area contributed by atoms with E-state index in [1.807, 2.05) is 18.2 Å². The number of fused-ring (bicyclic) bond motifs is 4. The highest BCUT2D eigenvalue weighted by atomic mass is 16.3. The Morgan fingerprint density at radius 2 is 1.29 bits per heavy atom. The first-order valence-corrected chi connectivity index (χ1v) is 9.84. The summed E-state index contributed by atoms with van der Waals surface area (Å²) in [6, 6.07) is 25.0. The second-order valence-electron chi connectivity index (χ2n) is 7.28. The van der Waals surface area contributed by atoms with Gasteiger partial charge in [0, 0.05) is 28.2 Å². The van der Waals surface area contributed by atoms with Gasteiger partial charge in [-0.1, -0.05) is 55.5 Å². The maximum absolute atomic E-state index is 11.0. The molecule has 0 fully saturated rings. The van der Waals surface area contributed by atoms with Gasteiger partial charge in [0.25, 0.3) is 0 Å². The number of aliphatic hydroxyl groups is 1. The summed E-state index contributed by atoms with van der Waals surface area (Å²) in [7, 11) is 0. The van der Waals surface area contributed by atoms with E-state index < -0.39 is 6.10 Å². The van der Waals surface area contributed by atoms with Gasteiger partial charge in [-0.25, -0.2) is 4.98 Å². The summed E-state index contributed by atoms with van der Waals surface area (Å²) in [5.41, 5.74) is 4.40. The summed E-state index contributed by atoms with van der Waals surface area (Å²) in [6.07, 6.45) is 0.332. The average molecular weight is 369 g/mol. The number of hydrogen-bond donors (Lipinski definition) is 1. The van der Waals surface area contributed by atoms with Crippen molar-refractivity contribution in [3.8, 4) is 0 Å². The Labute approximate surface area is 163 Å². The fraction of sp³-hybridized carbons (Fsp3) is 0.208. The molecule has 28 heavy (non-hydrogen) atoms. The zero-order chi connectivity index (χ0) is 19.1. The third-order valence-corrected chi connectivity index (χ3v) is 5.52. The molecule has 0 aliphatic heterocycles. The summed E-state index contributed by atoms with van der Waals surface area (Å²) in [5.74, 6) is 1.02. The molecular formula is C24H23N3O. The maximum atomic E-state index is 11.0. The van der Waals surface area contributed by atoms with Crippen LogP contribution in [0.25, 0.3) is 32.8 Å². The Hall–Kier alpha value is -3.11. The van der Waals surface area contributed by atoms with Crippen molar-refractivity contribution >= 4 is 32.8 Å². The minimum Gasteiger partial charge on any atom is -0.389 e. The summed E-state index contributed by atoms with van der Waals surface area (Å²) in [4.78, 5) is 4.73. The number of nitrogens with zero attached hydrogens (tertiary/aromatic N) is 3. The molecule has 0 saturated carbocycles. The van der Waals surface area contributed by atoms with Crippen LogP contribution in [-0.2, 0) is 19.5 Å². The predicted molar refractivity (Wildman–Crippen MR) is 115 cm³/mol. The van der Waals surface area contributed by atoms with Crippen molar-refractivity contribution in [2.75, 3.05) is 0 Å². The largest absolute Gasteiger partial charge is 0.389 e. The van der Waals surface area contributed by atoms with E-state index in [2.05, 4.69) is 70.7 Å². The van der Waals surface area contributed by atoms with Gasteiger partial charge in [-0.05, 0) is 24.3 Å². The van der Waals surface area contributed by atoms with Crippen LogP contribution in [0.4, 0.5) is 0 Å². The predicted octanol–water partition coefficient (Wildman–Crippen LogP) is 4.77. The van der Waals surface area contributed by atoms with Gasteiger partial charge in [0.15, 0.2) is 0 Å². The van der Waals surface area contributed by atoms with Crippen molar-refractivity contribution in [1.29, 1.82) is 0 Å². The third-order valence-electron chi connectivity index (χ3n) is 5.52. The van der Waals surface area contributed by atoms with E-state index in [1.165, 1.54) is 10.8 Å². The second kappa shape index (κ2) is 6.80. The van der Waals surface area contributed by atoms with Crippen molar-refractivity contribution < 1.29 is 5.11 Å². The van der Waals surface area contributed by atoms with Crippen LogP contribution in [-0.4, -0.2) is 25.3 Å². The molecule has 4 nitrogen and oxygen atoms in total. The van der Waals surface area contributed by atoms with Crippen molar-refractivity contribution in [3.63, 3.8) is 0 Å². The summed E-state index contributed by atoms with van der Waals surface area (Å²) in [5, 5.41) is 13.5. The summed E-state index contributed by atoms with van der Waals surface area (Å²) in [6.45, 7) is 3.19. The lowest BCUT2D eigenvalue weighted by Crippen LogP contribution is -2.23. The molecule has 0 amide bonds. The van der Waals surface area contributed by atoms with Crippen LogP contribution in [0.2, 0.25) is 0 Å². The van der Waals surface area contributed by atoms with E-state index in [4.69, 9.17) is 4.98 Å². The Bertz CT molecular complexity index is 1230. The van der Waals surface area contributed by atoms with Crippen LogP contribution < -0.4 is 0 Å². The van der Waals surface area contributed by atoms with Crippen LogP contribution in [0.5, 0.6) is 0 Å². The van der Waals surface area contributed by atoms with Crippen LogP contribution >= 0.6 is 0 Å². The Morgan fingerprint density at radius 1 is 0.750 bits per heavy atom. The highest BCUT2D eigenvalue weighted by Gasteiger charge is 2.16. The highest BCUT2D eigenvalue weighted by Crippen LogP contribution is 2.29. The summed E-state index contributed by atoms with van der Waals surface area (Å²) < 4.78 is 4.40. The van der Waals surface area contributed by atoms with Crippen molar-refractivity contribution in [1.82, 2.24) is 14.1 Å². The quantitative estimate of drug-likeness (QED) is 0.485. The van der Waals surface area contributed by atoms with Gasteiger partial charge in [-0.3, -0.25) is 0 Å². The molecule has 140 valence electrons. The average Bonchev–Trinajstić information content (AvgIpc) is 3.25. The maximum Gasteiger partial charge on any atom is 0.109 e. The molecule has 0 aliphatic rings. The monoisotopic (exact) mass is 369 g/mol. The van der Waals surface area contributed by atoms with Gasteiger partial charge in [0.1, 0.15) is 5.82 Å². The van der Waals surface area contributed by atoms with Crippen LogP contribution in [0.3, 0.4) is 0 Å². The number of para-hydroxylation sites is 4. The van der Waals surface area contributed by atoms with Gasteiger partial charge in [-0.2, -0.15) is 0 Å². The first-order chi connectivity index (χ1) is 13.8. The Kier molecular flexibility index (Phi) is 4.14. The number of aromatic nitrogens is 3. The topological polar surface area (TPSA) is 43.0 Å². The minimum atomic E-state index is -0.512.